The summed E-state index contributed by atoms with van der Waals surface area (Å²) in [6.45, 7) is 2.48. The minimum Gasteiger partial charge on any atom is -0.399 e. The minimum atomic E-state index is -0.618. The zero-order valence-corrected chi connectivity index (χ0v) is 12.3. The van der Waals surface area contributed by atoms with E-state index in [-0.39, 0.29) is 5.91 Å². The molecular weight excluding hydrogens is 264 g/mol. The Bertz CT molecular complexity index is 599. The molecule has 21 heavy (non-hydrogen) atoms. The van der Waals surface area contributed by atoms with Crippen LogP contribution in [-0.2, 0) is 9.53 Å². The van der Waals surface area contributed by atoms with E-state index in [4.69, 9.17) is 10.5 Å². The van der Waals surface area contributed by atoms with Crippen LogP contribution in [0.2, 0.25) is 0 Å². The Balaban J connectivity index is 2.31. The van der Waals surface area contributed by atoms with Crippen LogP contribution in [0.3, 0.4) is 0 Å². The molecule has 0 aliphatic heterocycles. The van der Waals surface area contributed by atoms with E-state index >= 15 is 0 Å². The highest BCUT2D eigenvalue weighted by Crippen LogP contribution is 2.24. The van der Waals surface area contributed by atoms with Crippen molar-refractivity contribution < 1.29 is 9.53 Å². The smallest absolute Gasteiger partial charge is 0.260 e. The predicted octanol–water partition coefficient (Wildman–Crippen LogP) is 3.01. The van der Waals surface area contributed by atoms with Gasteiger partial charge in [0.05, 0.1) is 0 Å². The van der Waals surface area contributed by atoms with Crippen LogP contribution in [0.4, 0.5) is 11.4 Å². The number of methoxy groups -OCH3 is 1. The third-order valence-electron chi connectivity index (χ3n) is 3.33. The Hall–Kier alpha value is -2.33. The van der Waals surface area contributed by atoms with Gasteiger partial charge in [-0.25, -0.2) is 0 Å². The molecule has 4 heteroatoms. The summed E-state index contributed by atoms with van der Waals surface area (Å²) in [4.78, 5) is 14.5. The second-order valence-corrected chi connectivity index (χ2v) is 4.70. The fourth-order valence-corrected chi connectivity index (χ4v) is 2.31. The van der Waals surface area contributed by atoms with Gasteiger partial charge in [0.15, 0.2) is 6.10 Å². The maximum atomic E-state index is 12.8. The molecule has 0 fully saturated rings. The van der Waals surface area contributed by atoms with Crippen LogP contribution >= 0.6 is 0 Å². The lowest BCUT2D eigenvalue weighted by Crippen LogP contribution is -2.35. The molecule has 0 saturated carbocycles. The largest absolute Gasteiger partial charge is 0.399 e. The highest BCUT2D eigenvalue weighted by Gasteiger charge is 2.25. The maximum absolute atomic E-state index is 12.8. The molecule has 1 amide bonds. The van der Waals surface area contributed by atoms with Crippen LogP contribution in [0.5, 0.6) is 0 Å². The number of benzene rings is 2. The van der Waals surface area contributed by atoms with E-state index in [0.717, 1.165) is 11.3 Å². The van der Waals surface area contributed by atoms with Crippen molar-refractivity contribution >= 4 is 17.3 Å². The molecule has 110 valence electrons. The van der Waals surface area contributed by atoms with Gasteiger partial charge in [0.1, 0.15) is 0 Å². The average Bonchev–Trinajstić information content (AvgIpc) is 2.50. The number of nitrogens with zero attached hydrogens (tertiary/aromatic N) is 1. The zero-order valence-electron chi connectivity index (χ0n) is 12.3. The second kappa shape index (κ2) is 6.90. The molecule has 0 aliphatic rings. The number of nitrogens with two attached hydrogens (primary N) is 1. The molecule has 2 rings (SSSR count). The number of hydrogen-bond acceptors (Lipinski definition) is 3. The number of rotatable bonds is 5. The molecule has 1 unspecified atom stereocenters. The fraction of sp³-hybridized carbons (Fsp3) is 0.235. The minimum absolute atomic E-state index is 0.100. The highest BCUT2D eigenvalue weighted by atomic mass is 16.5. The first-order valence-electron chi connectivity index (χ1n) is 6.92. The van der Waals surface area contributed by atoms with E-state index in [0.29, 0.717) is 12.2 Å². The van der Waals surface area contributed by atoms with Crippen molar-refractivity contribution in [3.05, 3.63) is 60.2 Å². The van der Waals surface area contributed by atoms with Gasteiger partial charge in [-0.15, -0.1) is 0 Å². The molecule has 2 aromatic rings. The number of carbonyl (C=O) groups excluding carboxylic acids is 1. The Labute approximate surface area is 125 Å². The fourth-order valence-electron chi connectivity index (χ4n) is 2.31. The quantitative estimate of drug-likeness (QED) is 0.859. The van der Waals surface area contributed by atoms with Crippen molar-refractivity contribution in [1.82, 2.24) is 0 Å². The number of anilines is 2. The first kappa shape index (κ1) is 15.1. The number of hydrogen-bond donors (Lipinski definition) is 1. The van der Waals surface area contributed by atoms with Crippen LogP contribution in [0.1, 0.15) is 18.6 Å². The molecule has 0 bridgehead atoms. The Morgan fingerprint density at radius 2 is 1.90 bits per heavy atom. The van der Waals surface area contributed by atoms with Gasteiger partial charge in [-0.1, -0.05) is 36.4 Å². The van der Waals surface area contributed by atoms with Crippen molar-refractivity contribution in [2.45, 2.75) is 13.0 Å². The van der Waals surface area contributed by atoms with Crippen molar-refractivity contribution in [2.24, 2.45) is 0 Å². The van der Waals surface area contributed by atoms with Crippen LogP contribution in [-0.4, -0.2) is 19.6 Å². The molecular formula is C17H20N2O2. The van der Waals surface area contributed by atoms with Crippen LogP contribution in [0.25, 0.3) is 0 Å². The van der Waals surface area contributed by atoms with Gasteiger partial charge in [-0.3, -0.25) is 4.79 Å². The number of amides is 1. The Morgan fingerprint density at radius 3 is 2.48 bits per heavy atom. The van der Waals surface area contributed by atoms with Crippen LogP contribution < -0.4 is 10.6 Å². The summed E-state index contributed by atoms with van der Waals surface area (Å²) in [6, 6.07) is 16.8. The monoisotopic (exact) mass is 284 g/mol. The SMILES string of the molecule is CCN(C(=O)C(OC)c1ccccc1)c1cccc(N)c1. The summed E-state index contributed by atoms with van der Waals surface area (Å²) in [6.07, 6.45) is -0.618. The number of nitrogen functional groups attached to an aromatic ring is 1. The molecule has 1 atom stereocenters. The van der Waals surface area contributed by atoms with E-state index in [1.54, 1.807) is 24.1 Å². The van der Waals surface area contributed by atoms with Gasteiger partial charge >= 0.3 is 0 Å². The van der Waals surface area contributed by atoms with Crippen molar-refractivity contribution in [1.29, 1.82) is 0 Å². The van der Waals surface area contributed by atoms with Crippen molar-refractivity contribution in [3.63, 3.8) is 0 Å². The van der Waals surface area contributed by atoms with Gasteiger partial charge in [-0.2, -0.15) is 0 Å². The van der Waals surface area contributed by atoms with E-state index in [1.807, 2.05) is 49.4 Å². The lowest BCUT2D eigenvalue weighted by molar-refractivity contribution is -0.128. The molecule has 4 nitrogen and oxygen atoms in total. The molecule has 0 radical (unpaired) electrons. The highest BCUT2D eigenvalue weighted by molar-refractivity contribution is 5.97. The normalized spacial score (nSPS) is 11.9. The predicted molar refractivity (Wildman–Crippen MR) is 85.1 cm³/mol. The van der Waals surface area contributed by atoms with E-state index in [2.05, 4.69) is 0 Å². The van der Waals surface area contributed by atoms with Gasteiger partial charge in [0, 0.05) is 25.0 Å². The standard InChI is InChI=1S/C17H20N2O2/c1-3-19(15-11-7-10-14(18)12-15)17(20)16(21-2)13-8-5-4-6-9-13/h4-12,16H,3,18H2,1-2H3. The summed E-state index contributed by atoms with van der Waals surface area (Å²) in [5.74, 6) is -0.100. The van der Waals surface area contributed by atoms with Gasteiger partial charge in [-0.05, 0) is 30.7 Å². The summed E-state index contributed by atoms with van der Waals surface area (Å²) in [7, 11) is 1.54. The van der Waals surface area contributed by atoms with Crippen LogP contribution in [0, 0.1) is 0 Å². The number of ether oxygens (including phenoxy) is 1. The lowest BCUT2D eigenvalue weighted by Gasteiger charge is -2.26. The van der Waals surface area contributed by atoms with Gasteiger partial charge < -0.3 is 15.4 Å². The molecule has 2 aromatic carbocycles. The summed E-state index contributed by atoms with van der Waals surface area (Å²) in [5.41, 5.74) is 8.05. The van der Waals surface area contributed by atoms with Crippen LogP contribution in [0.15, 0.2) is 54.6 Å². The maximum Gasteiger partial charge on any atom is 0.260 e. The van der Waals surface area contributed by atoms with Gasteiger partial charge in [0.25, 0.3) is 5.91 Å². The molecule has 0 heterocycles. The molecule has 0 saturated heterocycles. The third kappa shape index (κ3) is 3.41. The lowest BCUT2D eigenvalue weighted by atomic mass is 10.1. The Morgan fingerprint density at radius 1 is 1.19 bits per heavy atom. The summed E-state index contributed by atoms with van der Waals surface area (Å²) < 4.78 is 5.41. The van der Waals surface area contributed by atoms with E-state index in [1.165, 1.54) is 0 Å². The topological polar surface area (TPSA) is 55.6 Å². The number of carbonyl (C=O) groups is 1. The van der Waals surface area contributed by atoms with Crippen molar-refractivity contribution in [3.8, 4) is 0 Å². The molecule has 0 aromatic heterocycles. The van der Waals surface area contributed by atoms with E-state index < -0.39 is 6.10 Å². The third-order valence-corrected chi connectivity index (χ3v) is 3.33. The molecule has 0 aliphatic carbocycles. The number of likely N-dealkylation sites (N-methyl/N-ethyl adjacent to an activating group) is 1. The first-order valence-corrected chi connectivity index (χ1v) is 6.92. The second-order valence-electron chi connectivity index (χ2n) is 4.70. The average molecular weight is 284 g/mol. The Kier molecular flexibility index (Phi) is 4.95. The van der Waals surface area contributed by atoms with Gasteiger partial charge in [0.2, 0.25) is 0 Å². The zero-order chi connectivity index (χ0) is 15.2. The summed E-state index contributed by atoms with van der Waals surface area (Å²) >= 11 is 0. The van der Waals surface area contributed by atoms with Crippen molar-refractivity contribution in [2.75, 3.05) is 24.3 Å². The van der Waals surface area contributed by atoms with E-state index in [9.17, 15) is 4.79 Å². The molecule has 2 N–H and O–H groups in total. The summed E-state index contributed by atoms with van der Waals surface area (Å²) in [5, 5.41) is 0. The first-order chi connectivity index (χ1) is 10.2. The molecule has 0 spiro atoms.